The number of hydrogen-bond donors (Lipinski definition) is 1. The molecule has 0 amide bonds. The number of anilines is 1. The van der Waals surface area contributed by atoms with Gasteiger partial charge < -0.3 is 5.32 Å². The van der Waals surface area contributed by atoms with Crippen LogP contribution in [-0.4, -0.2) is 6.54 Å². The van der Waals surface area contributed by atoms with Crippen LogP contribution >= 0.6 is 22.9 Å². The summed E-state index contributed by atoms with van der Waals surface area (Å²) >= 11 is 7.26. The molecule has 0 radical (unpaired) electrons. The van der Waals surface area contributed by atoms with Crippen molar-refractivity contribution in [3.8, 4) is 6.07 Å². The lowest BCUT2D eigenvalue weighted by Gasteiger charge is -2.11. The van der Waals surface area contributed by atoms with Crippen molar-refractivity contribution in [3.63, 3.8) is 0 Å². The molecule has 1 N–H and O–H groups in total. The summed E-state index contributed by atoms with van der Waals surface area (Å²) in [7, 11) is 0. The fourth-order valence-corrected chi connectivity index (χ4v) is 2.86. The van der Waals surface area contributed by atoms with E-state index < -0.39 is 11.7 Å². The summed E-state index contributed by atoms with van der Waals surface area (Å²) in [6, 6.07) is 8.56. The summed E-state index contributed by atoms with van der Waals surface area (Å²) in [6.45, 7) is 0.511. The van der Waals surface area contributed by atoms with Crippen molar-refractivity contribution in [1.82, 2.24) is 0 Å². The van der Waals surface area contributed by atoms with Crippen LogP contribution in [-0.2, 0) is 12.6 Å². The van der Waals surface area contributed by atoms with E-state index in [1.54, 1.807) is 12.1 Å². The molecule has 0 atom stereocenters. The summed E-state index contributed by atoms with van der Waals surface area (Å²) in [5, 5.41) is 11.9. The second-order valence-corrected chi connectivity index (χ2v) is 6.05. The second-order valence-electron chi connectivity index (χ2n) is 4.25. The standard InChI is InChI=1S/C14H10ClF3N2S/c15-13-4-2-11(21-13)5-6-20-12-3-1-10(14(16,17)18)7-9(12)8-19/h1-4,7,20H,5-6H2. The highest BCUT2D eigenvalue weighted by atomic mass is 35.5. The Balaban J connectivity index is 2.05. The average Bonchev–Trinajstić information content (AvgIpc) is 2.83. The van der Waals surface area contributed by atoms with Gasteiger partial charge in [0.05, 0.1) is 21.2 Å². The highest BCUT2D eigenvalue weighted by Crippen LogP contribution is 2.31. The SMILES string of the molecule is N#Cc1cc(C(F)(F)F)ccc1NCCc1ccc(Cl)s1. The summed E-state index contributed by atoms with van der Waals surface area (Å²) in [5.74, 6) is 0. The first-order valence-electron chi connectivity index (χ1n) is 5.99. The maximum absolute atomic E-state index is 12.6. The highest BCUT2D eigenvalue weighted by Gasteiger charge is 2.31. The molecule has 1 aromatic heterocycles. The largest absolute Gasteiger partial charge is 0.416 e. The van der Waals surface area contributed by atoms with Gasteiger partial charge >= 0.3 is 6.18 Å². The number of nitrogens with one attached hydrogen (secondary N) is 1. The van der Waals surface area contributed by atoms with Gasteiger partial charge in [-0.05, 0) is 36.8 Å². The third-order valence-electron chi connectivity index (χ3n) is 2.78. The number of alkyl halides is 3. The highest BCUT2D eigenvalue weighted by molar-refractivity contribution is 7.16. The molecule has 0 spiro atoms. The Morgan fingerprint density at radius 1 is 1.24 bits per heavy atom. The molecule has 0 saturated carbocycles. The maximum atomic E-state index is 12.6. The monoisotopic (exact) mass is 330 g/mol. The second kappa shape index (κ2) is 6.37. The Bertz CT molecular complexity index is 674. The lowest BCUT2D eigenvalue weighted by atomic mass is 10.1. The van der Waals surface area contributed by atoms with Crippen LogP contribution in [0.5, 0.6) is 0 Å². The van der Waals surface area contributed by atoms with E-state index in [9.17, 15) is 13.2 Å². The molecule has 0 fully saturated rings. The smallest absolute Gasteiger partial charge is 0.384 e. The van der Waals surface area contributed by atoms with Crippen LogP contribution in [0, 0.1) is 11.3 Å². The molecular weight excluding hydrogens is 321 g/mol. The van der Waals surface area contributed by atoms with Crippen molar-refractivity contribution < 1.29 is 13.2 Å². The minimum atomic E-state index is -4.45. The van der Waals surface area contributed by atoms with Gasteiger partial charge in [-0.2, -0.15) is 18.4 Å². The zero-order chi connectivity index (χ0) is 15.5. The summed E-state index contributed by atoms with van der Waals surface area (Å²) in [4.78, 5) is 1.07. The van der Waals surface area contributed by atoms with E-state index >= 15 is 0 Å². The third-order valence-corrected chi connectivity index (χ3v) is 4.07. The molecule has 1 heterocycles. The first-order valence-corrected chi connectivity index (χ1v) is 7.19. The number of hydrogen-bond acceptors (Lipinski definition) is 3. The Kier molecular flexibility index (Phi) is 4.76. The maximum Gasteiger partial charge on any atom is 0.416 e. The summed E-state index contributed by atoms with van der Waals surface area (Å²) in [5.41, 5.74) is -0.447. The van der Waals surface area contributed by atoms with Gasteiger partial charge in [-0.3, -0.25) is 0 Å². The van der Waals surface area contributed by atoms with E-state index in [1.165, 1.54) is 17.4 Å². The number of nitrogens with zero attached hydrogens (tertiary/aromatic N) is 1. The quantitative estimate of drug-likeness (QED) is 0.861. The topological polar surface area (TPSA) is 35.8 Å². The fourth-order valence-electron chi connectivity index (χ4n) is 1.77. The molecule has 0 saturated heterocycles. The molecule has 0 unspecified atom stereocenters. The lowest BCUT2D eigenvalue weighted by Crippen LogP contribution is -2.09. The van der Waals surface area contributed by atoms with Gasteiger partial charge in [-0.25, -0.2) is 0 Å². The first kappa shape index (κ1) is 15.7. The van der Waals surface area contributed by atoms with Crippen molar-refractivity contribution >= 4 is 28.6 Å². The van der Waals surface area contributed by atoms with Gasteiger partial charge in [0.1, 0.15) is 6.07 Å². The van der Waals surface area contributed by atoms with E-state index in [2.05, 4.69) is 5.32 Å². The normalized spacial score (nSPS) is 11.2. The molecule has 2 rings (SSSR count). The minimum Gasteiger partial charge on any atom is -0.384 e. The molecule has 21 heavy (non-hydrogen) atoms. The first-order chi connectivity index (χ1) is 9.90. The number of benzene rings is 1. The van der Waals surface area contributed by atoms with Crippen molar-refractivity contribution in [1.29, 1.82) is 5.26 Å². The molecule has 1 aromatic carbocycles. The van der Waals surface area contributed by atoms with Crippen LogP contribution in [0.1, 0.15) is 16.0 Å². The van der Waals surface area contributed by atoms with Gasteiger partial charge in [-0.15, -0.1) is 11.3 Å². The molecule has 0 aliphatic carbocycles. The van der Waals surface area contributed by atoms with Gasteiger partial charge in [0.2, 0.25) is 0 Å². The van der Waals surface area contributed by atoms with Gasteiger partial charge in [0.25, 0.3) is 0 Å². The Labute approximate surface area is 128 Å². The van der Waals surface area contributed by atoms with Gasteiger partial charge in [-0.1, -0.05) is 11.6 Å². The molecule has 0 bridgehead atoms. The molecule has 0 aliphatic heterocycles. The van der Waals surface area contributed by atoms with Crippen LogP contribution < -0.4 is 5.32 Å². The van der Waals surface area contributed by atoms with Crippen LogP contribution in [0.3, 0.4) is 0 Å². The molecule has 0 aliphatic rings. The average molecular weight is 331 g/mol. The van der Waals surface area contributed by atoms with Crippen molar-refractivity contribution in [2.75, 3.05) is 11.9 Å². The number of thiophene rings is 1. The van der Waals surface area contributed by atoms with Crippen LogP contribution in [0.2, 0.25) is 4.34 Å². The van der Waals surface area contributed by atoms with E-state index in [1.807, 2.05) is 6.07 Å². The van der Waals surface area contributed by atoms with E-state index in [0.29, 0.717) is 23.0 Å². The summed E-state index contributed by atoms with van der Waals surface area (Å²) in [6.07, 6.45) is -3.76. The van der Waals surface area contributed by atoms with Gasteiger partial charge in [0, 0.05) is 11.4 Å². The van der Waals surface area contributed by atoms with E-state index in [4.69, 9.17) is 16.9 Å². The molecule has 110 valence electrons. The predicted octanol–water partition coefficient (Wildman–Crippen LogP) is 4.95. The van der Waals surface area contributed by atoms with E-state index in [-0.39, 0.29) is 5.56 Å². The van der Waals surface area contributed by atoms with Crippen LogP contribution in [0.25, 0.3) is 0 Å². The van der Waals surface area contributed by atoms with Crippen LogP contribution in [0.15, 0.2) is 30.3 Å². The van der Waals surface area contributed by atoms with Gasteiger partial charge in [0.15, 0.2) is 0 Å². The van der Waals surface area contributed by atoms with Crippen molar-refractivity contribution in [3.05, 3.63) is 50.7 Å². The molecule has 2 nitrogen and oxygen atoms in total. The number of halogens is 4. The Morgan fingerprint density at radius 3 is 2.57 bits per heavy atom. The predicted molar refractivity (Wildman–Crippen MR) is 77.7 cm³/mol. The molecule has 2 aromatic rings. The van der Waals surface area contributed by atoms with Crippen LogP contribution in [0.4, 0.5) is 18.9 Å². The fraction of sp³-hybridized carbons (Fsp3) is 0.214. The Hall–Kier alpha value is -1.71. The van der Waals surface area contributed by atoms with Crippen molar-refractivity contribution in [2.45, 2.75) is 12.6 Å². The summed E-state index contributed by atoms with van der Waals surface area (Å²) < 4.78 is 38.4. The minimum absolute atomic E-state index is 0.0194. The lowest BCUT2D eigenvalue weighted by molar-refractivity contribution is -0.137. The third kappa shape index (κ3) is 4.13. The Morgan fingerprint density at radius 2 is 2.00 bits per heavy atom. The zero-order valence-corrected chi connectivity index (χ0v) is 12.2. The van der Waals surface area contributed by atoms with E-state index in [0.717, 1.165) is 17.0 Å². The van der Waals surface area contributed by atoms with Crippen molar-refractivity contribution in [2.24, 2.45) is 0 Å². The molecular formula is C14H10ClF3N2S. The zero-order valence-electron chi connectivity index (χ0n) is 10.7. The molecule has 7 heteroatoms. The number of nitriles is 1. The number of rotatable bonds is 4.